The summed E-state index contributed by atoms with van der Waals surface area (Å²) in [7, 11) is 0. The van der Waals surface area contributed by atoms with Crippen molar-refractivity contribution in [1.82, 2.24) is 10.2 Å². The van der Waals surface area contributed by atoms with Crippen molar-refractivity contribution in [3.63, 3.8) is 0 Å². The van der Waals surface area contributed by atoms with Gasteiger partial charge in [0.05, 0.1) is 0 Å². The molecule has 1 aromatic rings. The predicted octanol–water partition coefficient (Wildman–Crippen LogP) is 1.58. The van der Waals surface area contributed by atoms with Gasteiger partial charge in [0.25, 0.3) is 0 Å². The molecule has 1 aliphatic heterocycles. The summed E-state index contributed by atoms with van der Waals surface area (Å²) in [4.78, 5) is 2.64. The standard InChI is InChI=1S/C13H18N2/c1-2-4-12-11(3-1)5-6-13(12)15-9-7-14-8-10-15/h1-4,13-14H,5-10H2/t13-/m1/s1. The smallest absolute Gasteiger partial charge is 0.0355 e. The second-order valence-corrected chi connectivity index (χ2v) is 4.54. The van der Waals surface area contributed by atoms with Gasteiger partial charge in [-0.15, -0.1) is 0 Å². The van der Waals surface area contributed by atoms with E-state index in [2.05, 4.69) is 34.5 Å². The molecule has 0 unspecified atom stereocenters. The minimum atomic E-state index is 0.698. The Morgan fingerprint density at radius 3 is 2.80 bits per heavy atom. The van der Waals surface area contributed by atoms with Crippen LogP contribution in [-0.4, -0.2) is 31.1 Å². The number of rotatable bonds is 1. The quantitative estimate of drug-likeness (QED) is 0.744. The zero-order valence-corrected chi connectivity index (χ0v) is 9.08. The zero-order chi connectivity index (χ0) is 10.1. The Kier molecular flexibility index (Phi) is 2.47. The van der Waals surface area contributed by atoms with Crippen LogP contribution in [0.2, 0.25) is 0 Å². The third-order valence-electron chi connectivity index (χ3n) is 3.69. The van der Waals surface area contributed by atoms with Crippen molar-refractivity contribution in [2.24, 2.45) is 0 Å². The van der Waals surface area contributed by atoms with Crippen LogP contribution in [0, 0.1) is 0 Å². The topological polar surface area (TPSA) is 15.3 Å². The van der Waals surface area contributed by atoms with Crippen molar-refractivity contribution in [2.45, 2.75) is 18.9 Å². The Hall–Kier alpha value is -0.860. The van der Waals surface area contributed by atoms with Crippen LogP contribution in [0.5, 0.6) is 0 Å². The van der Waals surface area contributed by atoms with Gasteiger partial charge < -0.3 is 5.32 Å². The first-order chi connectivity index (χ1) is 7.45. The minimum Gasteiger partial charge on any atom is -0.314 e. The first kappa shape index (κ1) is 9.37. The lowest BCUT2D eigenvalue weighted by molar-refractivity contribution is 0.173. The van der Waals surface area contributed by atoms with E-state index in [1.807, 2.05) is 0 Å². The van der Waals surface area contributed by atoms with E-state index in [1.54, 1.807) is 11.1 Å². The van der Waals surface area contributed by atoms with Gasteiger partial charge in [-0.25, -0.2) is 0 Å². The highest BCUT2D eigenvalue weighted by Crippen LogP contribution is 2.35. The van der Waals surface area contributed by atoms with Crippen LogP contribution >= 0.6 is 0 Å². The number of hydrogen-bond donors (Lipinski definition) is 1. The molecule has 0 saturated carbocycles. The van der Waals surface area contributed by atoms with Crippen LogP contribution in [-0.2, 0) is 6.42 Å². The van der Waals surface area contributed by atoms with E-state index < -0.39 is 0 Å². The highest BCUT2D eigenvalue weighted by molar-refractivity contribution is 5.34. The molecule has 0 amide bonds. The second-order valence-electron chi connectivity index (χ2n) is 4.54. The Labute approximate surface area is 91.3 Å². The molecule has 15 heavy (non-hydrogen) atoms. The molecule has 0 radical (unpaired) electrons. The average Bonchev–Trinajstić information content (AvgIpc) is 2.74. The van der Waals surface area contributed by atoms with E-state index in [0.717, 1.165) is 13.1 Å². The van der Waals surface area contributed by atoms with Crippen LogP contribution < -0.4 is 5.32 Å². The SMILES string of the molecule is c1ccc2c(c1)CC[C@H]2N1CCNCC1. The van der Waals surface area contributed by atoms with Crippen LogP contribution in [0.3, 0.4) is 0 Å². The molecule has 2 heteroatoms. The lowest BCUT2D eigenvalue weighted by Gasteiger charge is -2.33. The fourth-order valence-electron chi connectivity index (χ4n) is 2.91. The maximum atomic E-state index is 3.42. The molecule has 1 heterocycles. The molecule has 1 aromatic carbocycles. The molecule has 1 saturated heterocycles. The monoisotopic (exact) mass is 202 g/mol. The average molecular weight is 202 g/mol. The number of fused-ring (bicyclic) bond motifs is 1. The molecule has 1 atom stereocenters. The first-order valence-corrected chi connectivity index (χ1v) is 5.98. The Morgan fingerprint density at radius 2 is 1.93 bits per heavy atom. The molecule has 1 fully saturated rings. The van der Waals surface area contributed by atoms with Gasteiger partial charge in [-0.2, -0.15) is 0 Å². The molecule has 2 nitrogen and oxygen atoms in total. The third-order valence-corrected chi connectivity index (χ3v) is 3.69. The number of aryl methyl sites for hydroxylation is 1. The van der Waals surface area contributed by atoms with Crippen LogP contribution in [0.25, 0.3) is 0 Å². The lowest BCUT2D eigenvalue weighted by atomic mass is 10.1. The van der Waals surface area contributed by atoms with E-state index in [0.29, 0.717) is 6.04 Å². The lowest BCUT2D eigenvalue weighted by Crippen LogP contribution is -2.44. The molecule has 3 rings (SSSR count). The maximum absolute atomic E-state index is 3.42. The van der Waals surface area contributed by atoms with E-state index in [1.165, 1.54) is 25.9 Å². The van der Waals surface area contributed by atoms with Crippen molar-refractivity contribution in [1.29, 1.82) is 0 Å². The van der Waals surface area contributed by atoms with E-state index >= 15 is 0 Å². The van der Waals surface area contributed by atoms with Crippen molar-refractivity contribution in [3.05, 3.63) is 35.4 Å². The second kappa shape index (κ2) is 3.95. The van der Waals surface area contributed by atoms with Crippen molar-refractivity contribution >= 4 is 0 Å². The van der Waals surface area contributed by atoms with E-state index in [-0.39, 0.29) is 0 Å². The molecule has 1 aliphatic carbocycles. The van der Waals surface area contributed by atoms with Gasteiger partial charge in [0.1, 0.15) is 0 Å². The number of benzene rings is 1. The van der Waals surface area contributed by atoms with Gasteiger partial charge in [-0.05, 0) is 24.0 Å². The van der Waals surface area contributed by atoms with Gasteiger partial charge in [0.2, 0.25) is 0 Å². The van der Waals surface area contributed by atoms with Gasteiger partial charge >= 0.3 is 0 Å². The molecule has 0 spiro atoms. The summed E-state index contributed by atoms with van der Waals surface area (Å²) in [5.74, 6) is 0. The Bertz CT molecular complexity index is 342. The Morgan fingerprint density at radius 1 is 1.13 bits per heavy atom. The van der Waals surface area contributed by atoms with Crippen LogP contribution in [0.1, 0.15) is 23.6 Å². The molecule has 0 aromatic heterocycles. The number of nitrogens with one attached hydrogen (secondary N) is 1. The van der Waals surface area contributed by atoms with Crippen LogP contribution in [0.15, 0.2) is 24.3 Å². The highest BCUT2D eigenvalue weighted by Gasteiger charge is 2.27. The predicted molar refractivity (Wildman–Crippen MR) is 61.9 cm³/mol. The maximum Gasteiger partial charge on any atom is 0.0355 e. The molecule has 1 N–H and O–H groups in total. The normalized spacial score (nSPS) is 26.5. The van der Waals surface area contributed by atoms with Crippen molar-refractivity contribution in [2.75, 3.05) is 26.2 Å². The molecular weight excluding hydrogens is 184 g/mol. The van der Waals surface area contributed by atoms with Crippen molar-refractivity contribution in [3.8, 4) is 0 Å². The molecule has 80 valence electrons. The summed E-state index contributed by atoms with van der Waals surface area (Å²) in [6.45, 7) is 4.72. The zero-order valence-electron chi connectivity index (χ0n) is 9.08. The number of nitrogens with zero attached hydrogens (tertiary/aromatic N) is 1. The van der Waals surface area contributed by atoms with E-state index in [4.69, 9.17) is 0 Å². The largest absolute Gasteiger partial charge is 0.314 e. The van der Waals surface area contributed by atoms with Gasteiger partial charge in [-0.3, -0.25) is 4.90 Å². The van der Waals surface area contributed by atoms with Crippen molar-refractivity contribution < 1.29 is 0 Å². The fourth-order valence-corrected chi connectivity index (χ4v) is 2.91. The van der Waals surface area contributed by atoms with Gasteiger partial charge in [-0.1, -0.05) is 24.3 Å². The molecule has 0 bridgehead atoms. The summed E-state index contributed by atoms with van der Waals surface area (Å²) in [6.07, 6.45) is 2.59. The Balaban J connectivity index is 1.83. The third kappa shape index (κ3) is 1.68. The summed E-state index contributed by atoms with van der Waals surface area (Å²) in [6, 6.07) is 9.65. The first-order valence-electron chi connectivity index (χ1n) is 5.98. The minimum absolute atomic E-state index is 0.698. The number of piperazine rings is 1. The highest BCUT2D eigenvalue weighted by atomic mass is 15.2. The summed E-state index contributed by atoms with van der Waals surface area (Å²) >= 11 is 0. The van der Waals surface area contributed by atoms with Gasteiger partial charge in [0.15, 0.2) is 0 Å². The summed E-state index contributed by atoms with van der Waals surface area (Å²) in [5.41, 5.74) is 3.15. The summed E-state index contributed by atoms with van der Waals surface area (Å²) in [5, 5.41) is 3.42. The molecular formula is C13H18N2. The fraction of sp³-hybridized carbons (Fsp3) is 0.538. The van der Waals surface area contributed by atoms with Gasteiger partial charge in [0, 0.05) is 32.2 Å². The van der Waals surface area contributed by atoms with Crippen LogP contribution in [0.4, 0.5) is 0 Å². The van der Waals surface area contributed by atoms with E-state index in [9.17, 15) is 0 Å². The number of hydrogen-bond acceptors (Lipinski definition) is 2. The summed E-state index contributed by atoms with van der Waals surface area (Å²) < 4.78 is 0. The molecule has 2 aliphatic rings.